The van der Waals surface area contributed by atoms with Crippen LogP contribution in [0.15, 0.2) is 0 Å². The van der Waals surface area contributed by atoms with Gasteiger partial charge in [0.2, 0.25) is 0 Å². The molecule has 0 atom stereocenters. The molecule has 4 nitrogen and oxygen atoms in total. The number of nitrogens with one attached hydrogen (secondary N) is 1. The van der Waals surface area contributed by atoms with Crippen LogP contribution in [0, 0.1) is 0 Å². The van der Waals surface area contributed by atoms with Gasteiger partial charge in [-0.2, -0.15) is 0 Å². The first-order chi connectivity index (χ1) is 6.52. The highest BCUT2D eigenvalue weighted by atomic mass is 32.2. The first-order valence-electron chi connectivity index (χ1n) is 5.11. The van der Waals surface area contributed by atoms with Crippen molar-refractivity contribution in [2.24, 2.45) is 0 Å². The zero-order chi connectivity index (χ0) is 11.0. The molecule has 0 saturated heterocycles. The molecule has 0 aliphatic rings. The first kappa shape index (κ1) is 13.9. The monoisotopic (exact) mass is 222 g/mol. The van der Waals surface area contributed by atoms with Crippen molar-refractivity contribution in [1.82, 2.24) is 10.2 Å². The van der Waals surface area contributed by atoms with E-state index in [9.17, 15) is 8.42 Å². The third-order valence-electron chi connectivity index (χ3n) is 2.14. The van der Waals surface area contributed by atoms with Crippen molar-refractivity contribution in [1.29, 1.82) is 0 Å². The Morgan fingerprint density at radius 1 is 1.21 bits per heavy atom. The maximum Gasteiger partial charge on any atom is 0.151 e. The van der Waals surface area contributed by atoms with Crippen LogP contribution >= 0.6 is 0 Å². The summed E-state index contributed by atoms with van der Waals surface area (Å²) < 4.78 is 22.4. The lowest BCUT2D eigenvalue weighted by molar-refractivity contribution is 0.351. The van der Waals surface area contributed by atoms with Crippen molar-refractivity contribution >= 4 is 9.84 Å². The molecule has 0 amide bonds. The predicted molar refractivity (Wildman–Crippen MR) is 60.4 cm³/mol. The molecular formula is C9H22N2O2S. The van der Waals surface area contributed by atoms with Gasteiger partial charge in [0, 0.05) is 25.4 Å². The summed E-state index contributed by atoms with van der Waals surface area (Å²) >= 11 is 0. The number of likely N-dealkylation sites (N-methyl/N-ethyl adjacent to an activating group) is 2. The van der Waals surface area contributed by atoms with Crippen molar-refractivity contribution < 1.29 is 8.42 Å². The number of sulfone groups is 1. The minimum Gasteiger partial charge on any atom is -0.316 e. The lowest BCUT2D eigenvalue weighted by Gasteiger charge is -2.16. The van der Waals surface area contributed by atoms with Gasteiger partial charge in [0.25, 0.3) is 0 Å². The number of nitrogens with zero attached hydrogens (tertiary/aromatic N) is 1. The quantitative estimate of drug-likeness (QED) is 0.586. The average molecular weight is 222 g/mol. The van der Waals surface area contributed by atoms with Gasteiger partial charge in [0.15, 0.2) is 9.84 Å². The Bertz CT molecular complexity index is 227. The Hall–Kier alpha value is -0.130. The molecule has 86 valence electrons. The number of hydrogen-bond donors (Lipinski definition) is 1. The predicted octanol–water partition coefficient (Wildman–Crippen LogP) is -0.0376. The molecule has 0 rings (SSSR count). The SMILES string of the molecule is CCNCCN(C)CCS(=O)(=O)CC. The average Bonchev–Trinajstić information content (AvgIpc) is 2.16. The molecule has 5 heteroatoms. The lowest BCUT2D eigenvalue weighted by Crippen LogP contribution is -2.32. The summed E-state index contributed by atoms with van der Waals surface area (Å²) in [5.74, 6) is 0.514. The molecular weight excluding hydrogens is 200 g/mol. The molecule has 1 N–H and O–H groups in total. The highest BCUT2D eigenvalue weighted by Gasteiger charge is 2.08. The molecule has 0 aliphatic heterocycles. The second-order valence-electron chi connectivity index (χ2n) is 3.39. The maximum absolute atomic E-state index is 11.2. The van der Waals surface area contributed by atoms with Gasteiger partial charge in [0.1, 0.15) is 0 Å². The van der Waals surface area contributed by atoms with Gasteiger partial charge in [-0.1, -0.05) is 13.8 Å². The van der Waals surface area contributed by atoms with Crippen LogP contribution in [0.3, 0.4) is 0 Å². The Balaban J connectivity index is 3.58. The van der Waals surface area contributed by atoms with Crippen LogP contribution in [-0.2, 0) is 9.84 Å². The minimum atomic E-state index is -2.81. The molecule has 0 aromatic heterocycles. The minimum absolute atomic E-state index is 0.244. The van der Waals surface area contributed by atoms with Gasteiger partial charge >= 0.3 is 0 Å². The highest BCUT2D eigenvalue weighted by Crippen LogP contribution is 1.91. The van der Waals surface area contributed by atoms with E-state index in [4.69, 9.17) is 0 Å². The van der Waals surface area contributed by atoms with Crippen molar-refractivity contribution in [3.63, 3.8) is 0 Å². The van der Waals surface area contributed by atoms with Gasteiger partial charge in [-0.3, -0.25) is 0 Å². The molecule has 0 spiro atoms. The topological polar surface area (TPSA) is 49.4 Å². The molecule has 0 radical (unpaired) electrons. The fourth-order valence-corrected chi connectivity index (χ4v) is 1.88. The van der Waals surface area contributed by atoms with E-state index in [1.807, 2.05) is 11.9 Å². The van der Waals surface area contributed by atoms with Crippen molar-refractivity contribution in [3.05, 3.63) is 0 Å². The van der Waals surface area contributed by atoms with E-state index in [0.29, 0.717) is 6.54 Å². The summed E-state index contributed by atoms with van der Waals surface area (Å²) in [6.45, 7) is 7.14. The molecule has 0 aliphatic carbocycles. The maximum atomic E-state index is 11.2. The van der Waals surface area contributed by atoms with E-state index in [2.05, 4.69) is 12.2 Å². The van der Waals surface area contributed by atoms with Crippen LogP contribution in [0.1, 0.15) is 13.8 Å². The van der Waals surface area contributed by atoms with Crippen molar-refractivity contribution in [3.8, 4) is 0 Å². The Morgan fingerprint density at radius 3 is 2.36 bits per heavy atom. The van der Waals surface area contributed by atoms with Crippen molar-refractivity contribution in [2.75, 3.05) is 44.7 Å². The summed E-state index contributed by atoms with van der Waals surface area (Å²) in [6.07, 6.45) is 0. The first-order valence-corrected chi connectivity index (χ1v) is 6.93. The van der Waals surface area contributed by atoms with Gasteiger partial charge in [-0.15, -0.1) is 0 Å². The smallest absolute Gasteiger partial charge is 0.151 e. The van der Waals surface area contributed by atoms with E-state index < -0.39 is 9.84 Å². The Morgan fingerprint density at radius 2 is 1.86 bits per heavy atom. The molecule has 0 heterocycles. The van der Waals surface area contributed by atoms with Gasteiger partial charge in [-0.25, -0.2) is 8.42 Å². The van der Waals surface area contributed by atoms with E-state index in [1.165, 1.54) is 0 Å². The van der Waals surface area contributed by atoms with Gasteiger partial charge < -0.3 is 10.2 Å². The zero-order valence-corrected chi connectivity index (χ0v) is 10.2. The second kappa shape index (κ2) is 7.20. The van der Waals surface area contributed by atoms with Crippen LogP contribution in [0.25, 0.3) is 0 Å². The van der Waals surface area contributed by atoms with E-state index in [0.717, 1.165) is 19.6 Å². The second-order valence-corrected chi connectivity index (χ2v) is 5.87. The zero-order valence-electron chi connectivity index (χ0n) is 9.41. The lowest BCUT2D eigenvalue weighted by atomic mass is 10.5. The van der Waals surface area contributed by atoms with Crippen LogP contribution in [0.4, 0.5) is 0 Å². The molecule has 0 unspecified atom stereocenters. The molecule has 14 heavy (non-hydrogen) atoms. The summed E-state index contributed by atoms with van der Waals surface area (Å²) in [7, 11) is -0.860. The van der Waals surface area contributed by atoms with E-state index >= 15 is 0 Å². The third kappa shape index (κ3) is 7.29. The normalized spacial score (nSPS) is 12.3. The number of hydrogen-bond acceptors (Lipinski definition) is 4. The van der Waals surface area contributed by atoms with Gasteiger partial charge in [-0.05, 0) is 13.6 Å². The largest absolute Gasteiger partial charge is 0.316 e. The van der Waals surface area contributed by atoms with Crippen LogP contribution in [-0.4, -0.2) is 58.1 Å². The number of rotatable bonds is 8. The summed E-state index contributed by atoms with van der Waals surface area (Å²) in [6, 6.07) is 0. The third-order valence-corrected chi connectivity index (χ3v) is 3.83. The highest BCUT2D eigenvalue weighted by molar-refractivity contribution is 7.91. The summed E-state index contributed by atoms with van der Waals surface area (Å²) in [5.41, 5.74) is 0. The van der Waals surface area contributed by atoms with E-state index in [1.54, 1.807) is 6.92 Å². The molecule has 0 saturated carbocycles. The van der Waals surface area contributed by atoms with Crippen molar-refractivity contribution in [2.45, 2.75) is 13.8 Å². The molecule has 0 aromatic rings. The Kier molecular flexibility index (Phi) is 7.13. The Labute approximate surface area is 87.6 Å². The van der Waals surface area contributed by atoms with Crippen LogP contribution in [0.2, 0.25) is 0 Å². The molecule has 0 fully saturated rings. The standard InChI is InChI=1S/C9H22N2O2S/c1-4-10-6-7-11(3)8-9-14(12,13)5-2/h10H,4-9H2,1-3H3. The van der Waals surface area contributed by atoms with Gasteiger partial charge in [0.05, 0.1) is 5.75 Å². The van der Waals surface area contributed by atoms with Crippen LogP contribution < -0.4 is 5.32 Å². The summed E-state index contributed by atoms with van der Waals surface area (Å²) in [4.78, 5) is 2.04. The molecule has 0 bridgehead atoms. The van der Waals surface area contributed by atoms with Crippen LogP contribution in [0.5, 0.6) is 0 Å². The van der Waals surface area contributed by atoms with E-state index in [-0.39, 0.29) is 11.5 Å². The fraction of sp³-hybridized carbons (Fsp3) is 1.00. The molecule has 0 aromatic carbocycles. The summed E-state index contributed by atoms with van der Waals surface area (Å²) in [5, 5.41) is 3.20. The fourth-order valence-electron chi connectivity index (χ4n) is 0.998.